The van der Waals surface area contributed by atoms with Crippen molar-refractivity contribution in [3.63, 3.8) is 0 Å². The van der Waals surface area contributed by atoms with Crippen LogP contribution in [0.2, 0.25) is 0 Å². The summed E-state index contributed by atoms with van der Waals surface area (Å²) in [6.07, 6.45) is -5.99. The Hall–Kier alpha value is -3.11. The molecule has 0 unspecified atom stereocenters. The van der Waals surface area contributed by atoms with Crippen LogP contribution in [-0.2, 0) is 6.42 Å². The number of halogens is 5. The maximum atomic E-state index is 13.1. The number of H-pyrrole nitrogens is 1. The van der Waals surface area contributed by atoms with E-state index in [0.717, 1.165) is 10.7 Å². The molecule has 11 heteroatoms. The number of aryl methyl sites for hydroxylation is 1. The lowest BCUT2D eigenvalue weighted by Crippen LogP contribution is -2.11. The van der Waals surface area contributed by atoms with E-state index in [1.54, 1.807) is 12.3 Å². The predicted molar refractivity (Wildman–Crippen MR) is 85.2 cm³/mol. The molecule has 0 aliphatic carbocycles. The minimum absolute atomic E-state index is 0.0149. The van der Waals surface area contributed by atoms with E-state index in [9.17, 15) is 22.0 Å². The molecule has 0 amide bonds. The first-order chi connectivity index (χ1) is 12.8. The van der Waals surface area contributed by atoms with Crippen LogP contribution in [0.4, 0.5) is 22.0 Å². The Bertz CT molecular complexity index is 1110. The number of nitrogens with one attached hydrogen (secondary N) is 1. The van der Waals surface area contributed by atoms with Gasteiger partial charge in [0.05, 0.1) is 12.6 Å². The summed E-state index contributed by atoms with van der Waals surface area (Å²) in [5, 5.41) is 4.68. The molecule has 140 valence electrons. The highest BCUT2D eigenvalue weighted by Crippen LogP contribution is 2.27. The maximum Gasteiger partial charge on any atom is 0.389 e. The summed E-state index contributed by atoms with van der Waals surface area (Å²) in [6.45, 7) is 0. The molecular formula is C16H11F5N6. The molecule has 0 spiro atoms. The molecule has 4 aromatic heterocycles. The standard InChI is InChI=1S/C16H11F5N6/c17-14(18)10-7-23-12-2-1-9(26-27(10)12)13-8-4-6-22-15(8)25-11(24-13)3-5-16(19,20)21/h1-2,4,6-7,14H,3,5H2,(H,22,24,25). The summed E-state index contributed by atoms with van der Waals surface area (Å²) < 4.78 is 64.8. The van der Waals surface area contributed by atoms with Crippen molar-refractivity contribution in [1.29, 1.82) is 0 Å². The number of aromatic nitrogens is 6. The van der Waals surface area contributed by atoms with E-state index in [-0.39, 0.29) is 28.6 Å². The van der Waals surface area contributed by atoms with Crippen LogP contribution in [0.3, 0.4) is 0 Å². The summed E-state index contributed by atoms with van der Waals surface area (Å²) in [5.74, 6) is -0.0149. The first kappa shape index (κ1) is 17.3. The quantitative estimate of drug-likeness (QED) is 0.540. The van der Waals surface area contributed by atoms with E-state index in [1.165, 1.54) is 12.1 Å². The predicted octanol–water partition coefficient (Wildman–Crippen LogP) is 4.10. The van der Waals surface area contributed by atoms with Gasteiger partial charge in [-0.05, 0) is 18.2 Å². The van der Waals surface area contributed by atoms with E-state index in [0.29, 0.717) is 11.0 Å². The SMILES string of the molecule is FC(F)c1cnc2ccc(-c3nc(CCC(F)(F)F)nc4[nH]ccc34)nn12. The minimum Gasteiger partial charge on any atom is -0.346 e. The number of fused-ring (bicyclic) bond motifs is 2. The second-order valence-corrected chi connectivity index (χ2v) is 5.82. The molecule has 4 aromatic rings. The van der Waals surface area contributed by atoms with Gasteiger partial charge in [0, 0.05) is 18.0 Å². The molecule has 0 aliphatic rings. The fraction of sp³-hybridized carbons (Fsp3) is 0.250. The summed E-state index contributed by atoms with van der Waals surface area (Å²) in [5.41, 5.74) is 0.671. The minimum atomic E-state index is -4.34. The average Bonchev–Trinajstić information content (AvgIpc) is 3.24. The zero-order valence-electron chi connectivity index (χ0n) is 13.5. The number of imidazole rings is 1. The van der Waals surface area contributed by atoms with Crippen molar-refractivity contribution in [3.8, 4) is 11.4 Å². The maximum absolute atomic E-state index is 13.1. The molecule has 27 heavy (non-hydrogen) atoms. The number of nitrogens with zero attached hydrogens (tertiary/aromatic N) is 5. The van der Waals surface area contributed by atoms with E-state index < -0.39 is 25.4 Å². The first-order valence-electron chi connectivity index (χ1n) is 7.86. The normalized spacial score (nSPS) is 12.5. The van der Waals surface area contributed by atoms with Gasteiger partial charge in [0.1, 0.15) is 28.6 Å². The number of hydrogen-bond acceptors (Lipinski definition) is 4. The Morgan fingerprint density at radius 3 is 2.67 bits per heavy atom. The van der Waals surface area contributed by atoms with Crippen LogP contribution in [-0.4, -0.2) is 35.7 Å². The Morgan fingerprint density at radius 1 is 1.11 bits per heavy atom. The van der Waals surface area contributed by atoms with Crippen LogP contribution in [0.15, 0.2) is 30.6 Å². The second kappa shape index (κ2) is 6.25. The number of hydrogen-bond donors (Lipinski definition) is 1. The van der Waals surface area contributed by atoms with Crippen LogP contribution < -0.4 is 0 Å². The van der Waals surface area contributed by atoms with Gasteiger partial charge in [-0.25, -0.2) is 28.2 Å². The van der Waals surface area contributed by atoms with Crippen LogP contribution in [0.25, 0.3) is 28.1 Å². The zero-order chi connectivity index (χ0) is 19.2. The van der Waals surface area contributed by atoms with Crippen molar-refractivity contribution < 1.29 is 22.0 Å². The van der Waals surface area contributed by atoms with Gasteiger partial charge in [-0.1, -0.05) is 0 Å². The number of aromatic amines is 1. The third-order valence-electron chi connectivity index (χ3n) is 3.95. The summed E-state index contributed by atoms with van der Waals surface area (Å²) >= 11 is 0. The monoisotopic (exact) mass is 382 g/mol. The van der Waals surface area contributed by atoms with Crippen molar-refractivity contribution in [3.05, 3.63) is 42.1 Å². The number of alkyl halides is 5. The van der Waals surface area contributed by atoms with E-state index >= 15 is 0 Å². The molecule has 0 saturated carbocycles. The Labute approximate surface area is 148 Å². The molecule has 0 radical (unpaired) electrons. The third-order valence-corrected chi connectivity index (χ3v) is 3.95. The fourth-order valence-corrected chi connectivity index (χ4v) is 2.71. The van der Waals surface area contributed by atoms with Crippen molar-refractivity contribution in [2.45, 2.75) is 25.4 Å². The molecule has 0 aliphatic heterocycles. The van der Waals surface area contributed by atoms with E-state index in [2.05, 4.69) is 25.0 Å². The summed E-state index contributed by atoms with van der Waals surface area (Å²) in [4.78, 5) is 15.0. The van der Waals surface area contributed by atoms with Crippen molar-refractivity contribution >= 4 is 16.7 Å². The van der Waals surface area contributed by atoms with Crippen molar-refractivity contribution in [2.24, 2.45) is 0 Å². The second-order valence-electron chi connectivity index (χ2n) is 5.82. The molecule has 0 atom stereocenters. The van der Waals surface area contributed by atoms with Crippen LogP contribution in [0, 0.1) is 0 Å². The fourth-order valence-electron chi connectivity index (χ4n) is 2.71. The Balaban J connectivity index is 1.83. The van der Waals surface area contributed by atoms with Gasteiger partial charge in [-0.2, -0.15) is 18.3 Å². The molecular weight excluding hydrogens is 371 g/mol. The van der Waals surface area contributed by atoms with Gasteiger partial charge in [-0.15, -0.1) is 0 Å². The van der Waals surface area contributed by atoms with Gasteiger partial charge in [0.15, 0.2) is 5.65 Å². The highest BCUT2D eigenvalue weighted by atomic mass is 19.4. The van der Waals surface area contributed by atoms with Gasteiger partial charge in [-0.3, -0.25) is 0 Å². The highest BCUT2D eigenvalue weighted by Gasteiger charge is 2.27. The van der Waals surface area contributed by atoms with Gasteiger partial charge < -0.3 is 4.98 Å². The summed E-state index contributed by atoms with van der Waals surface area (Å²) in [6, 6.07) is 4.66. The van der Waals surface area contributed by atoms with Crippen LogP contribution in [0.1, 0.15) is 24.4 Å². The molecule has 0 bridgehead atoms. The van der Waals surface area contributed by atoms with Crippen LogP contribution in [0.5, 0.6) is 0 Å². The topological polar surface area (TPSA) is 71.8 Å². The first-order valence-corrected chi connectivity index (χ1v) is 7.86. The molecule has 1 N–H and O–H groups in total. The molecule has 0 aromatic carbocycles. The number of rotatable bonds is 4. The molecule has 4 heterocycles. The molecule has 4 rings (SSSR count). The van der Waals surface area contributed by atoms with Gasteiger partial charge in [0.25, 0.3) is 6.43 Å². The lowest BCUT2D eigenvalue weighted by atomic mass is 10.2. The zero-order valence-corrected chi connectivity index (χ0v) is 13.5. The third kappa shape index (κ3) is 3.32. The molecule has 6 nitrogen and oxygen atoms in total. The van der Waals surface area contributed by atoms with Crippen molar-refractivity contribution in [1.82, 2.24) is 29.5 Å². The largest absolute Gasteiger partial charge is 0.389 e. The Kier molecular flexibility index (Phi) is 4.01. The van der Waals surface area contributed by atoms with Crippen molar-refractivity contribution in [2.75, 3.05) is 0 Å². The molecule has 0 saturated heterocycles. The van der Waals surface area contributed by atoms with E-state index in [4.69, 9.17) is 0 Å². The Morgan fingerprint density at radius 2 is 1.93 bits per heavy atom. The molecule has 0 fully saturated rings. The summed E-state index contributed by atoms with van der Waals surface area (Å²) in [7, 11) is 0. The van der Waals surface area contributed by atoms with E-state index in [1.807, 2.05) is 0 Å². The smallest absolute Gasteiger partial charge is 0.346 e. The lowest BCUT2D eigenvalue weighted by Gasteiger charge is -2.08. The van der Waals surface area contributed by atoms with Crippen LogP contribution >= 0.6 is 0 Å². The van der Waals surface area contributed by atoms with Gasteiger partial charge >= 0.3 is 6.18 Å². The highest BCUT2D eigenvalue weighted by molar-refractivity contribution is 5.89. The van der Waals surface area contributed by atoms with Gasteiger partial charge in [0.2, 0.25) is 0 Å². The average molecular weight is 382 g/mol. The lowest BCUT2D eigenvalue weighted by molar-refractivity contribution is -0.134.